The fourth-order valence-electron chi connectivity index (χ4n) is 1.68. The zero-order valence-electron chi connectivity index (χ0n) is 9.47. The first-order valence-corrected chi connectivity index (χ1v) is 7.32. The average molecular weight is 320 g/mol. The molecule has 0 unspecified atom stereocenters. The molecule has 0 atom stereocenters. The number of thioether (sulfide) groups is 1. The van der Waals surface area contributed by atoms with E-state index in [1.807, 2.05) is 36.4 Å². The zero-order valence-corrected chi connectivity index (χ0v) is 11.9. The Morgan fingerprint density at radius 1 is 1.11 bits per heavy atom. The first kappa shape index (κ1) is 11.8. The standard InChI is InChI=1S/C14H10BrNOS/c15-11-5-3-4-10(8-11)9-18-14-16-12-6-1-2-7-13(12)17-14/h1-8H,9H2. The van der Waals surface area contributed by atoms with Gasteiger partial charge in [0.1, 0.15) is 5.52 Å². The summed E-state index contributed by atoms with van der Waals surface area (Å²) < 4.78 is 6.76. The van der Waals surface area contributed by atoms with Gasteiger partial charge in [-0.05, 0) is 29.8 Å². The minimum Gasteiger partial charge on any atom is -0.431 e. The Kier molecular flexibility index (Phi) is 3.39. The lowest BCUT2D eigenvalue weighted by Gasteiger charge is -1.98. The molecule has 2 nitrogen and oxygen atoms in total. The van der Waals surface area contributed by atoms with Crippen molar-refractivity contribution < 1.29 is 4.42 Å². The molecule has 0 saturated heterocycles. The highest BCUT2D eigenvalue weighted by Crippen LogP contribution is 2.26. The minimum atomic E-state index is 0.719. The van der Waals surface area contributed by atoms with Crippen molar-refractivity contribution in [2.75, 3.05) is 0 Å². The smallest absolute Gasteiger partial charge is 0.257 e. The number of rotatable bonds is 3. The van der Waals surface area contributed by atoms with Gasteiger partial charge in [0.15, 0.2) is 5.58 Å². The molecule has 0 N–H and O–H groups in total. The Hall–Kier alpha value is -1.26. The molecule has 4 heteroatoms. The zero-order chi connectivity index (χ0) is 12.4. The molecule has 3 aromatic rings. The second kappa shape index (κ2) is 5.16. The number of nitrogens with zero attached hydrogens (tertiary/aromatic N) is 1. The van der Waals surface area contributed by atoms with E-state index in [0.717, 1.165) is 26.5 Å². The molecule has 0 radical (unpaired) electrons. The van der Waals surface area contributed by atoms with E-state index in [0.29, 0.717) is 0 Å². The van der Waals surface area contributed by atoms with Gasteiger partial charge in [-0.15, -0.1) is 0 Å². The number of aromatic nitrogens is 1. The Morgan fingerprint density at radius 3 is 2.83 bits per heavy atom. The maximum atomic E-state index is 5.66. The highest BCUT2D eigenvalue weighted by molar-refractivity contribution is 9.10. The molecule has 0 fully saturated rings. The molecule has 1 aromatic heterocycles. The monoisotopic (exact) mass is 319 g/mol. The molecule has 0 saturated carbocycles. The lowest BCUT2D eigenvalue weighted by atomic mass is 10.2. The largest absolute Gasteiger partial charge is 0.431 e. The summed E-state index contributed by atoms with van der Waals surface area (Å²) in [5, 5.41) is 0.719. The van der Waals surface area contributed by atoms with Crippen LogP contribution < -0.4 is 0 Å². The Bertz CT molecular complexity index is 647. The van der Waals surface area contributed by atoms with Crippen LogP contribution in [0.3, 0.4) is 0 Å². The van der Waals surface area contributed by atoms with Crippen molar-refractivity contribution in [3.05, 3.63) is 58.6 Å². The van der Waals surface area contributed by atoms with Crippen molar-refractivity contribution >= 4 is 38.8 Å². The summed E-state index contributed by atoms with van der Waals surface area (Å²) in [4.78, 5) is 4.43. The van der Waals surface area contributed by atoms with Crippen LogP contribution in [0.5, 0.6) is 0 Å². The first-order valence-electron chi connectivity index (χ1n) is 5.54. The van der Waals surface area contributed by atoms with Gasteiger partial charge in [0.25, 0.3) is 5.22 Å². The molecule has 0 spiro atoms. The molecule has 2 aromatic carbocycles. The Labute approximate surface area is 118 Å². The fourth-order valence-corrected chi connectivity index (χ4v) is 2.91. The van der Waals surface area contributed by atoms with Gasteiger partial charge in [0.2, 0.25) is 0 Å². The normalized spacial score (nSPS) is 10.9. The van der Waals surface area contributed by atoms with E-state index in [9.17, 15) is 0 Å². The maximum Gasteiger partial charge on any atom is 0.257 e. The van der Waals surface area contributed by atoms with Crippen molar-refractivity contribution in [3.8, 4) is 0 Å². The predicted molar refractivity (Wildman–Crippen MR) is 77.7 cm³/mol. The fraction of sp³-hybridized carbons (Fsp3) is 0.0714. The third-order valence-corrected chi connectivity index (χ3v) is 3.92. The van der Waals surface area contributed by atoms with Crippen molar-refractivity contribution in [1.82, 2.24) is 4.98 Å². The van der Waals surface area contributed by atoms with E-state index >= 15 is 0 Å². The van der Waals surface area contributed by atoms with Gasteiger partial charge in [0.05, 0.1) is 0 Å². The van der Waals surface area contributed by atoms with E-state index in [4.69, 9.17) is 4.42 Å². The quantitative estimate of drug-likeness (QED) is 0.643. The number of benzene rings is 2. The second-order valence-corrected chi connectivity index (χ2v) is 5.71. The second-order valence-electron chi connectivity index (χ2n) is 3.87. The SMILES string of the molecule is Brc1cccc(CSc2nc3ccccc3o2)c1. The summed E-state index contributed by atoms with van der Waals surface area (Å²) in [6, 6.07) is 16.1. The number of hydrogen-bond donors (Lipinski definition) is 0. The highest BCUT2D eigenvalue weighted by atomic mass is 79.9. The van der Waals surface area contributed by atoms with Crippen molar-refractivity contribution in [2.24, 2.45) is 0 Å². The minimum absolute atomic E-state index is 0.719. The van der Waals surface area contributed by atoms with E-state index in [1.54, 1.807) is 11.8 Å². The van der Waals surface area contributed by atoms with Crippen molar-refractivity contribution in [3.63, 3.8) is 0 Å². The van der Waals surface area contributed by atoms with Crippen LogP contribution in [0.25, 0.3) is 11.1 Å². The van der Waals surface area contributed by atoms with Crippen LogP contribution in [-0.2, 0) is 5.75 Å². The molecule has 0 aliphatic heterocycles. The number of fused-ring (bicyclic) bond motifs is 1. The van der Waals surface area contributed by atoms with Gasteiger partial charge < -0.3 is 4.42 Å². The first-order chi connectivity index (χ1) is 8.81. The average Bonchev–Trinajstić information content (AvgIpc) is 2.79. The molecular weight excluding hydrogens is 310 g/mol. The van der Waals surface area contributed by atoms with Crippen LogP contribution in [0.2, 0.25) is 0 Å². The number of para-hydroxylation sites is 2. The van der Waals surface area contributed by atoms with E-state index in [1.165, 1.54) is 5.56 Å². The molecular formula is C14H10BrNOS. The van der Waals surface area contributed by atoms with E-state index in [2.05, 4.69) is 33.0 Å². The van der Waals surface area contributed by atoms with Gasteiger partial charge in [-0.1, -0.05) is 52.0 Å². The molecule has 90 valence electrons. The predicted octanol–water partition coefficient (Wildman–Crippen LogP) is 4.88. The summed E-state index contributed by atoms with van der Waals surface area (Å²) >= 11 is 5.08. The molecule has 3 rings (SSSR count). The van der Waals surface area contributed by atoms with Crippen LogP contribution in [0.1, 0.15) is 5.56 Å². The summed E-state index contributed by atoms with van der Waals surface area (Å²) in [5.41, 5.74) is 3.00. The molecule has 0 amide bonds. The Balaban J connectivity index is 1.76. The highest BCUT2D eigenvalue weighted by Gasteiger charge is 2.05. The number of halogens is 1. The van der Waals surface area contributed by atoms with Crippen molar-refractivity contribution in [1.29, 1.82) is 0 Å². The number of hydrogen-bond acceptors (Lipinski definition) is 3. The Morgan fingerprint density at radius 2 is 2.00 bits per heavy atom. The molecule has 0 bridgehead atoms. The van der Waals surface area contributed by atoms with Gasteiger partial charge in [-0.2, -0.15) is 0 Å². The summed E-state index contributed by atoms with van der Waals surface area (Å²) in [5.74, 6) is 0.853. The van der Waals surface area contributed by atoms with Crippen LogP contribution in [0.4, 0.5) is 0 Å². The molecule has 0 aliphatic rings. The van der Waals surface area contributed by atoms with Crippen LogP contribution >= 0.6 is 27.7 Å². The third-order valence-electron chi connectivity index (χ3n) is 2.53. The van der Waals surface area contributed by atoms with E-state index in [-0.39, 0.29) is 0 Å². The van der Waals surface area contributed by atoms with Crippen LogP contribution in [0.15, 0.2) is 62.6 Å². The molecule has 0 aliphatic carbocycles. The van der Waals surface area contributed by atoms with Crippen LogP contribution in [0, 0.1) is 0 Å². The maximum absolute atomic E-state index is 5.66. The topological polar surface area (TPSA) is 26.0 Å². The van der Waals surface area contributed by atoms with Gasteiger partial charge in [-0.25, -0.2) is 4.98 Å². The third kappa shape index (κ3) is 2.60. The van der Waals surface area contributed by atoms with Gasteiger partial charge >= 0.3 is 0 Å². The summed E-state index contributed by atoms with van der Waals surface area (Å²) in [6.07, 6.45) is 0. The van der Waals surface area contributed by atoms with Crippen LogP contribution in [-0.4, -0.2) is 4.98 Å². The van der Waals surface area contributed by atoms with E-state index < -0.39 is 0 Å². The summed E-state index contributed by atoms with van der Waals surface area (Å²) in [7, 11) is 0. The molecule has 18 heavy (non-hydrogen) atoms. The lowest BCUT2D eigenvalue weighted by molar-refractivity contribution is 0.489. The van der Waals surface area contributed by atoms with Gasteiger partial charge in [0, 0.05) is 10.2 Å². The van der Waals surface area contributed by atoms with Crippen molar-refractivity contribution in [2.45, 2.75) is 11.0 Å². The number of oxazole rings is 1. The lowest BCUT2D eigenvalue weighted by Crippen LogP contribution is -1.80. The van der Waals surface area contributed by atoms with Gasteiger partial charge in [-0.3, -0.25) is 0 Å². The summed E-state index contributed by atoms with van der Waals surface area (Å²) in [6.45, 7) is 0. The molecule has 1 heterocycles.